The third-order valence-electron chi connectivity index (χ3n) is 3.46. The topological polar surface area (TPSA) is 45.0 Å². The summed E-state index contributed by atoms with van der Waals surface area (Å²) in [6.45, 7) is 3.72. The Hall–Kier alpha value is -0.590. The van der Waals surface area contributed by atoms with Crippen molar-refractivity contribution in [1.82, 2.24) is 5.32 Å². The van der Waals surface area contributed by atoms with E-state index in [0.29, 0.717) is 6.54 Å². The summed E-state index contributed by atoms with van der Waals surface area (Å²) in [4.78, 5) is 0. The van der Waals surface area contributed by atoms with Crippen LogP contribution < -0.4 is 5.32 Å². The van der Waals surface area contributed by atoms with E-state index in [1.54, 1.807) is 0 Å². The molecule has 0 aromatic carbocycles. The van der Waals surface area contributed by atoms with E-state index in [4.69, 9.17) is 10.00 Å². The molecule has 0 radical (unpaired) electrons. The van der Waals surface area contributed by atoms with Crippen LogP contribution >= 0.6 is 0 Å². The summed E-state index contributed by atoms with van der Waals surface area (Å²) in [5, 5.41) is 12.2. The number of nitriles is 1. The third kappa shape index (κ3) is 1.92. The maximum absolute atomic E-state index is 8.71. The SMILES string of the molecule is CC1CCCC2(COC(C#N)CN2)C1. The molecule has 3 nitrogen and oxygen atoms in total. The molecule has 0 aromatic heterocycles. The molecule has 0 aromatic rings. The first-order valence-corrected chi connectivity index (χ1v) is 5.50. The normalized spacial score (nSPS) is 43.4. The lowest BCUT2D eigenvalue weighted by molar-refractivity contribution is -0.0282. The molecule has 2 fully saturated rings. The lowest BCUT2D eigenvalue weighted by Gasteiger charge is -2.44. The molecule has 1 heterocycles. The molecular weight excluding hydrogens is 176 g/mol. The van der Waals surface area contributed by atoms with Crippen molar-refractivity contribution in [1.29, 1.82) is 5.26 Å². The van der Waals surface area contributed by atoms with Gasteiger partial charge in [0.25, 0.3) is 0 Å². The van der Waals surface area contributed by atoms with Gasteiger partial charge in [0, 0.05) is 12.1 Å². The van der Waals surface area contributed by atoms with Crippen molar-refractivity contribution >= 4 is 0 Å². The Bertz CT molecular complexity index is 238. The van der Waals surface area contributed by atoms with Crippen molar-refractivity contribution in [2.24, 2.45) is 5.92 Å². The monoisotopic (exact) mass is 194 g/mol. The van der Waals surface area contributed by atoms with Crippen LogP contribution in [-0.4, -0.2) is 24.8 Å². The first-order chi connectivity index (χ1) is 6.74. The Morgan fingerprint density at radius 3 is 3.00 bits per heavy atom. The van der Waals surface area contributed by atoms with Gasteiger partial charge in [0.15, 0.2) is 6.10 Å². The predicted molar refractivity (Wildman–Crippen MR) is 53.7 cm³/mol. The van der Waals surface area contributed by atoms with Gasteiger partial charge in [0.2, 0.25) is 0 Å². The number of nitrogens with zero attached hydrogens (tertiary/aromatic N) is 1. The minimum absolute atomic E-state index is 0.186. The van der Waals surface area contributed by atoms with Crippen molar-refractivity contribution in [3.05, 3.63) is 0 Å². The first-order valence-electron chi connectivity index (χ1n) is 5.50. The summed E-state index contributed by atoms with van der Waals surface area (Å²) < 4.78 is 5.55. The van der Waals surface area contributed by atoms with Gasteiger partial charge >= 0.3 is 0 Å². The van der Waals surface area contributed by atoms with Crippen LogP contribution in [0.3, 0.4) is 0 Å². The van der Waals surface area contributed by atoms with Gasteiger partial charge in [-0.2, -0.15) is 5.26 Å². The van der Waals surface area contributed by atoms with Gasteiger partial charge in [-0.15, -0.1) is 0 Å². The Morgan fingerprint density at radius 1 is 1.57 bits per heavy atom. The fourth-order valence-electron chi connectivity index (χ4n) is 2.71. The van der Waals surface area contributed by atoms with E-state index in [1.165, 1.54) is 25.7 Å². The summed E-state index contributed by atoms with van der Waals surface area (Å²) in [6, 6.07) is 2.15. The maximum Gasteiger partial charge on any atom is 0.156 e. The second-order valence-corrected chi connectivity index (χ2v) is 4.79. The van der Waals surface area contributed by atoms with Gasteiger partial charge < -0.3 is 10.1 Å². The summed E-state index contributed by atoms with van der Waals surface area (Å²) in [5.41, 5.74) is 0.186. The molecule has 1 saturated heterocycles. The minimum atomic E-state index is -0.238. The van der Waals surface area contributed by atoms with Crippen LogP contribution in [0.15, 0.2) is 0 Å². The smallest absolute Gasteiger partial charge is 0.156 e. The van der Waals surface area contributed by atoms with Gasteiger partial charge in [-0.3, -0.25) is 0 Å². The van der Waals surface area contributed by atoms with E-state index in [9.17, 15) is 0 Å². The highest BCUT2D eigenvalue weighted by Crippen LogP contribution is 2.34. The van der Waals surface area contributed by atoms with Gasteiger partial charge in [0.1, 0.15) is 0 Å². The molecule has 0 amide bonds. The maximum atomic E-state index is 8.71. The second kappa shape index (κ2) is 3.88. The van der Waals surface area contributed by atoms with Crippen LogP contribution in [0.5, 0.6) is 0 Å². The molecule has 2 aliphatic rings. The first kappa shape index (κ1) is 9.95. The lowest BCUT2D eigenvalue weighted by atomic mass is 9.76. The van der Waals surface area contributed by atoms with Crippen LogP contribution in [0.4, 0.5) is 0 Å². The molecule has 1 aliphatic carbocycles. The Labute approximate surface area is 85.4 Å². The Morgan fingerprint density at radius 2 is 2.43 bits per heavy atom. The summed E-state index contributed by atoms with van der Waals surface area (Å²) in [6.07, 6.45) is 4.79. The largest absolute Gasteiger partial charge is 0.360 e. The zero-order valence-corrected chi connectivity index (χ0v) is 8.75. The molecule has 1 N–H and O–H groups in total. The van der Waals surface area contributed by atoms with E-state index >= 15 is 0 Å². The number of hydrogen-bond acceptors (Lipinski definition) is 3. The summed E-state index contributed by atoms with van der Waals surface area (Å²) in [5.74, 6) is 0.790. The van der Waals surface area contributed by atoms with Crippen molar-refractivity contribution in [2.45, 2.75) is 44.2 Å². The quantitative estimate of drug-likeness (QED) is 0.634. The zero-order valence-electron chi connectivity index (χ0n) is 8.75. The van der Waals surface area contributed by atoms with Gasteiger partial charge in [0.05, 0.1) is 12.7 Å². The molecule has 1 aliphatic heterocycles. The number of ether oxygens (including phenoxy) is 1. The van der Waals surface area contributed by atoms with Crippen LogP contribution in [0.25, 0.3) is 0 Å². The van der Waals surface area contributed by atoms with Crippen LogP contribution in [0.1, 0.15) is 32.6 Å². The van der Waals surface area contributed by atoms with E-state index in [2.05, 4.69) is 18.3 Å². The second-order valence-electron chi connectivity index (χ2n) is 4.79. The molecule has 78 valence electrons. The molecule has 3 heteroatoms. The molecule has 2 rings (SSSR count). The van der Waals surface area contributed by atoms with Crippen molar-refractivity contribution in [3.63, 3.8) is 0 Å². The highest BCUT2D eigenvalue weighted by atomic mass is 16.5. The number of morpholine rings is 1. The van der Waals surface area contributed by atoms with Crippen LogP contribution in [-0.2, 0) is 4.74 Å². The van der Waals surface area contributed by atoms with Gasteiger partial charge in [-0.1, -0.05) is 19.8 Å². The van der Waals surface area contributed by atoms with Crippen molar-refractivity contribution in [3.8, 4) is 6.07 Å². The lowest BCUT2D eigenvalue weighted by Crippen LogP contribution is -2.58. The summed E-state index contributed by atoms with van der Waals surface area (Å²) >= 11 is 0. The van der Waals surface area contributed by atoms with Crippen molar-refractivity contribution in [2.75, 3.05) is 13.2 Å². The van der Waals surface area contributed by atoms with Crippen LogP contribution in [0.2, 0.25) is 0 Å². The molecule has 1 saturated carbocycles. The van der Waals surface area contributed by atoms with Crippen molar-refractivity contribution < 1.29 is 4.74 Å². The molecule has 0 bridgehead atoms. The standard InChI is InChI=1S/C11H18N2O/c1-9-3-2-4-11(5-9)8-14-10(6-12)7-13-11/h9-10,13H,2-5,7-8H2,1H3. The third-order valence-corrected chi connectivity index (χ3v) is 3.46. The average molecular weight is 194 g/mol. The van der Waals surface area contributed by atoms with Gasteiger partial charge in [-0.25, -0.2) is 0 Å². The fourth-order valence-corrected chi connectivity index (χ4v) is 2.71. The fraction of sp³-hybridized carbons (Fsp3) is 0.909. The minimum Gasteiger partial charge on any atom is -0.360 e. The number of rotatable bonds is 0. The molecular formula is C11H18N2O. The zero-order chi connectivity index (χ0) is 10.0. The van der Waals surface area contributed by atoms with E-state index in [-0.39, 0.29) is 11.6 Å². The van der Waals surface area contributed by atoms with E-state index < -0.39 is 0 Å². The van der Waals surface area contributed by atoms with Gasteiger partial charge in [-0.05, 0) is 18.8 Å². The molecule has 3 atom stereocenters. The number of nitrogens with one attached hydrogen (secondary N) is 1. The highest BCUT2D eigenvalue weighted by molar-refractivity contribution is 5.00. The highest BCUT2D eigenvalue weighted by Gasteiger charge is 2.38. The number of hydrogen-bond donors (Lipinski definition) is 1. The predicted octanol–water partition coefficient (Wildman–Crippen LogP) is 1.45. The van der Waals surface area contributed by atoms with Crippen LogP contribution in [0, 0.1) is 17.2 Å². The molecule has 14 heavy (non-hydrogen) atoms. The molecule has 3 unspecified atom stereocenters. The average Bonchev–Trinajstić information content (AvgIpc) is 2.19. The summed E-state index contributed by atoms with van der Waals surface area (Å²) in [7, 11) is 0. The van der Waals surface area contributed by atoms with E-state index in [0.717, 1.165) is 12.5 Å². The Balaban J connectivity index is 1.95. The van der Waals surface area contributed by atoms with E-state index in [1.807, 2.05) is 0 Å². The molecule has 1 spiro atoms. The Kier molecular flexibility index (Phi) is 2.76.